The van der Waals surface area contributed by atoms with E-state index in [4.69, 9.17) is 4.74 Å². The molecule has 0 saturated carbocycles. The molecule has 2 aliphatic rings. The molecule has 0 N–H and O–H groups in total. The van der Waals surface area contributed by atoms with Gasteiger partial charge in [-0.2, -0.15) is 0 Å². The molecular formula is C24H26O. The topological polar surface area (TPSA) is 9.23 Å². The second-order valence-corrected chi connectivity index (χ2v) is 7.10. The fourth-order valence-electron chi connectivity index (χ4n) is 3.81. The maximum absolute atomic E-state index is 6.02. The zero-order valence-electron chi connectivity index (χ0n) is 14.8. The number of hydrogen-bond donors (Lipinski definition) is 0. The van der Waals surface area contributed by atoms with Gasteiger partial charge in [-0.3, -0.25) is 0 Å². The molecule has 0 bridgehead atoms. The molecule has 0 spiro atoms. The van der Waals surface area contributed by atoms with Gasteiger partial charge >= 0.3 is 0 Å². The Morgan fingerprint density at radius 1 is 0.520 bits per heavy atom. The van der Waals surface area contributed by atoms with Crippen molar-refractivity contribution in [2.45, 2.75) is 51.4 Å². The molecule has 0 aromatic heterocycles. The van der Waals surface area contributed by atoms with Gasteiger partial charge in [0.2, 0.25) is 0 Å². The van der Waals surface area contributed by atoms with Gasteiger partial charge in [0, 0.05) is 0 Å². The van der Waals surface area contributed by atoms with Crippen LogP contribution in [0.15, 0.2) is 60.7 Å². The zero-order valence-corrected chi connectivity index (χ0v) is 14.8. The second kappa shape index (κ2) is 7.74. The normalized spacial score (nSPS) is 17.6. The zero-order chi connectivity index (χ0) is 16.9. The second-order valence-electron chi connectivity index (χ2n) is 7.10. The first-order valence-electron chi connectivity index (χ1n) is 9.65. The van der Waals surface area contributed by atoms with Crippen LogP contribution in [-0.2, 0) is 0 Å². The molecule has 2 aromatic carbocycles. The first kappa shape index (κ1) is 16.2. The summed E-state index contributed by atoms with van der Waals surface area (Å²) in [5.41, 5.74) is 5.66. The van der Waals surface area contributed by atoms with Crippen LogP contribution in [0.2, 0.25) is 0 Å². The van der Waals surface area contributed by atoms with Crippen molar-refractivity contribution >= 4 is 11.1 Å². The molecule has 2 aliphatic carbocycles. The fraction of sp³-hybridized carbons (Fsp3) is 0.333. The summed E-state index contributed by atoms with van der Waals surface area (Å²) in [5.74, 6) is 1.81. The lowest BCUT2D eigenvalue weighted by atomic mass is 9.94. The third-order valence-corrected chi connectivity index (χ3v) is 5.27. The van der Waals surface area contributed by atoms with Crippen LogP contribution in [0.4, 0.5) is 0 Å². The molecule has 0 unspecified atom stereocenters. The highest BCUT2D eigenvalue weighted by Crippen LogP contribution is 2.31. The van der Waals surface area contributed by atoms with Gasteiger partial charge in [-0.05, 0) is 97.9 Å². The first-order chi connectivity index (χ1) is 12.4. The van der Waals surface area contributed by atoms with Crippen LogP contribution < -0.4 is 4.74 Å². The highest BCUT2D eigenvalue weighted by atomic mass is 16.5. The lowest BCUT2D eigenvalue weighted by Crippen LogP contribution is -1.93. The van der Waals surface area contributed by atoms with Crippen molar-refractivity contribution in [2.24, 2.45) is 0 Å². The quantitative estimate of drug-likeness (QED) is 0.567. The van der Waals surface area contributed by atoms with Crippen LogP contribution >= 0.6 is 0 Å². The molecule has 1 heteroatoms. The molecule has 0 fully saturated rings. The minimum Gasteiger partial charge on any atom is -0.457 e. The monoisotopic (exact) mass is 330 g/mol. The Kier molecular flexibility index (Phi) is 5.01. The summed E-state index contributed by atoms with van der Waals surface area (Å²) in [6.45, 7) is 0. The smallest absolute Gasteiger partial charge is 0.127 e. The maximum atomic E-state index is 6.02. The van der Waals surface area contributed by atoms with E-state index in [1.807, 2.05) is 0 Å². The molecule has 1 nitrogen and oxygen atoms in total. The molecule has 0 heterocycles. The molecule has 2 aromatic rings. The number of ether oxygens (including phenoxy) is 1. The number of hydrogen-bond acceptors (Lipinski definition) is 1. The Morgan fingerprint density at radius 3 is 1.32 bits per heavy atom. The van der Waals surface area contributed by atoms with E-state index in [0.29, 0.717) is 0 Å². The van der Waals surface area contributed by atoms with E-state index in [2.05, 4.69) is 60.7 Å². The molecule has 0 amide bonds. The lowest BCUT2D eigenvalue weighted by Gasteiger charge is -2.14. The predicted octanol–water partition coefficient (Wildman–Crippen LogP) is 7.39. The number of benzene rings is 2. The standard InChI is InChI=1S/C24H26O/c1-3-7-19(8-4-1)21-11-15-23(16-12-21)25-24-17-13-22(14-18-24)20-9-5-2-6-10-20/h7,9,11-18H,1-6,8,10H2. The largest absolute Gasteiger partial charge is 0.457 e. The van der Waals surface area contributed by atoms with E-state index in [-0.39, 0.29) is 0 Å². The van der Waals surface area contributed by atoms with E-state index < -0.39 is 0 Å². The Labute approximate surface area is 151 Å². The Balaban J connectivity index is 1.43. The van der Waals surface area contributed by atoms with Crippen molar-refractivity contribution in [1.29, 1.82) is 0 Å². The molecule has 0 aliphatic heterocycles. The van der Waals surface area contributed by atoms with Crippen molar-refractivity contribution < 1.29 is 4.74 Å². The molecule has 25 heavy (non-hydrogen) atoms. The molecule has 128 valence electrons. The Morgan fingerprint density at radius 2 is 0.960 bits per heavy atom. The maximum Gasteiger partial charge on any atom is 0.127 e. The highest BCUT2D eigenvalue weighted by molar-refractivity contribution is 5.67. The summed E-state index contributed by atoms with van der Waals surface area (Å²) in [5, 5.41) is 0. The van der Waals surface area contributed by atoms with Gasteiger partial charge in [0.1, 0.15) is 11.5 Å². The van der Waals surface area contributed by atoms with Gasteiger partial charge in [-0.15, -0.1) is 0 Å². The van der Waals surface area contributed by atoms with Crippen LogP contribution in [0.1, 0.15) is 62.5 Å². The SMILES string of the molecule is C1=C(c2ccc(Oc3ccc(C4=CCCCC4)cc3)cc2)CCCC1. The van der Waals surface area contributed by atoms with Gasteiger partial charge in [-0.1, -0.05) is 36.4 Å². The Hall–Kier alpha value is -2.28. The molecule has 0 saturated heterocycles. The van der Waals surface area contributed by atoms with Crippen molar-refractivity contribution in [1.82, 2.24) is 0 Å². The summed E-state index contributed by atoms with van der Waals surface area (Å²) in [6.07, 6.45) is 14.9. The van der Waals surface area contributed by atoms with Gasteiger partial charge in [0.25, 0.3) is 0 Å². The Bertz CT molecular complexity index is 695. The van der Waals surface area contributed by atoms with E-state index in [0.717, 1.165) is 11.5 Å². The molecule has 4 rings (SSSR count). The fourth-order valence-corrected chi connectivity index (χ4v) is 3.81. The van der Waals surface area contributed by atoms with E-state index >= 15 is 0 Å². The number of allylic oxidation sites excluding steroid dienone is 4. The van der Waals surface area contributed by atoms with Crippen molar-refractivity contribution in [3.63, 3.8) is 0 Å². The van der Waals surface area contributed by atoms with Gasteiger partial charge in [-0.25, -0.2) is 0 Å². The average molecular weight is 330 g/mol. The summed E-state index contributed by atoms with van der Waals surface area (Å²) in [6, 6.07) is 17.1. The van der Waals surface area contributed by atoms with Gasteiger partial charge < -0.3 is 4.74 Å². The summed E-state index contributed by atoms with van der Waals surface area (Å²) in [7, 11) is 0. The summed E-state index contributed by atoms with van der Waals surface area (Å²) < 4.78 is 6.02. The average Bonchev–Trinajstić information content (AvgIpc) is 2.71. The van der Waals surface area contributed by atoms with E-state index in [1.54, 1.807) is 0 Å². The molecular weight excluding hydrogens is 304 g/mol. The highest BCUT2D eigenvalue weighted by Gasteiger charge is 2.08. The van der Waals surface area contributed by atoms with Crippen LogP contribution in [0.25, 0.3) is 11.1 Å². The third kappa shape index (κ3) is 4.04. The van der Waals surface area contributed by atoms with Crippen molar-refractivity contribution in [3.05, 3.63) is 71.8 Å². The minimum atomic E-state index is 0.907. The van der Waals surface area contributed by atoms with Crippen LogP contribution in [-0.4, -0.2) is 0 Å². The third-order valence-electron chi connectivity index (χ3n) is 5.27. The van der Waals surface area contributed by atoms with Gasteiger partial charge in [0.05, 0.1) is 0 Å². The number of rotatable bonds is 4. The van der Waals surface area contributed by atoms with E-state index in [1.165, 1.54) is 73.6 Å². The van der Waals surface area contributed by atoms with Crippen LogP contribution in [0.3, 0.4) is 0 Å². The first-order valence-corrected chi connectivity index (χ1v) is 9.65. The summed E-state index contributed by atoms with van der Waals surface area (Å²) >= 11 is 0. The van der Waals surface area contributed by atoms with E-state index in [9.17, 15) is 0 Å². The van der Waals surface area contributed by atoms with Crippen LogP contribution in [0, 0.1) is 0 Å². The van der Waals surface area contributed by atoms with Crippen molar-refractivity contribution in [2.75, 3.05) is 0 Å². The van der Waals surface area contributed by atoms with Gasteiger partial charge in [0.15, 0.2) is 0 Å². The molecule has 0 radical (unpaired) electrons. The lowest BCUT2D eigenvalue weighted by molar-refractivity contribution is 0.482. The van der Waals surface area contributed by atoms with Crippen LogP contribution in [0.5, 0.6) is 11.5 Å². The minimum absolute atomic E-state index is 0.907. The summed E-state index contributed by atoms with van der Waals surface area (Å²) in [4.78, 5) is 0. The molecule has 0 atom stereocenters. The van der Waals surface area contributed by atoms with Crippen molar-refractivity contribution in [3.8, 4) is 11.5 Å². The predicted molar refractivity (Wildman–Crippen MR) is 106 cm³/mol.